The van der Waals surface area contributed by atoms with Crippen molar-refractivity contribution in [2.24, 2.45) is 0 Å². The number of carbonyl (C=O) groups excluding carboxylic acids is 1. The third kappa shape index (κ3) is 6.01. The van der Waals surface area contributed by atoms with E-state index in [0.29, 0.717) is 13.2 Å². The van der Waals surface area contributed by atoms with Gasteiger partial charge in [0, 0.05) is 11.8 Å². The second-order valence-electron chi connectivity index (χ2n) is 6.77. The molecule has 1 aliphatic rings. The summed E-state index contributed by atoms with van der Waals surface area (Å²) >= 11 is 0. The van der Waals surface area contributed by atoms with Gasteiger partial charge in [-0.2, -0.15) is 0 Å². The van der Waals surface area contributed by atoms with E-state index >= 15 is 0 Å². The first-order chi connectivity index (χ1) is 13.1. The van der Waals surface area contributed by atoms with E-state index in [1.165, 1.54) is 15.9 Å². The van der Waals surface area contributed by atoms with Gasteiger partial charge in [0.1, 0.15) is 45.1 Å². The second kappa shape index (κ2) is 9.43. The van der Waals surface area contributed by atoms with Gasteiger partial charge in [-0.1, -0.05) is 18.2 Å². The van der Waals surface area contributed by atoms with E-state index in [4.69, 9.17) is 4.74 Å². The Hall–Kier alpha value is -2.51. The van der Waals surface area contributed by atoms with Crippen LogP contribution in [0.2, 0.25) is 0 Å². The summed E-state index contributed by atoms with van der Waals surface area (Å²) in [4.78, 5) is 14.8. The predicted molar refractivity (Wildman–Crippen MR) is 98.1 cm³/mol. The maximum absolute atomic E-state index is 13.2. The van der Waals surface area contributed by atoms with E-state index < -0.39 is 11.6 Å². The molecule has 144 valence electrons. The van der Waals surface area contributed by atoms with Crippen LogP contribution in [-0.2, 0) is 4.79 Å². The van der Waals surface area contributed by atoms with Crippen LogP contribution in [0, 0.1) is 11.6 Å². The van der Waals surface area contributed by atoms with E-state index in [-0.39, 0.29) is 11.6 Å². The molecule has 0 atom stereocenters. The molecule has 3 rings (SSSR count). The van der Waals surface area contributed by atoms with Crippen molar-refractivity contribution >= 4 is 11.6 Å². The number of benzene rings is 2. The Labute approximate surface area is 157 Å². The van der Waals surface area contributed by atoms with Crippen molar-refractivity contribution in [1.82, 2.24) is 0 Å². The highest BCUT2D eigenvalue weighted by atomic mass is 19.2. The molecule has 0 unspecified atom stereocenters. The maximum atomic E-state index is 13.2. The monoisotopic (exact) mass is 377 g/mol. The third-order valence-corrected chi connectivity index (χ3v) is 4.75. The summed E-state index contributed by atoms with van der Waals surface area (Å²) in [5.41, 5.74) is 0.278. The van der Waals surface area contributed by atoms with Gasteiger partial charge in [-0.05, 0) is 24.3 Å². The first-order valence-corrected chi connectivity index (χ1v) is 9.20. The smallest absolute Gasteiger partial charge is 0.279 e. The van der Waals surface area contributed by atoms with Gasteiger partial charge in [-0.3, -0.25) is 4.79 Å². The summed E-state index contributed by atoms with van der Waals surface area (Å²) in [6.07, 6.45) is 0. The maximum Gasteiger partial charge on any atom is 0.279 e. The molecule has 0 aliphatic carbocycles. The molecule has 2 aromatic rings. The van der Waals surface area contributed by atoms with E-state index in [1.807, 2.05) is 30.3 Å². The second-order valence-corrected chi connectivity index (χ2v) is 6.77. The highest BCUT2D eigenvalue weighted by Gasteiger charge is 2.24. The summed E-state index contributed by atoms with van der Waals surface area (Å²) in [5.74, 6) is -1.19. The molecule has 1 amide bonds. The number of para-hydroxylation sites is 1. The molecule has 27 heavy (non-hydrogen) atoms. The van der Waals surface area contributed by atoms with Gasteiger partial charge in [-0.15, -0.1) is 0 Å². The van der Waals surface area contributed by atoms with Crippen LogP contribution in [0.25, 0.3) is 0 Å². The highest BCUT2D eigenvalue weighted by Crippen LogP contribution is 2.12. The number of rotatable bonds is 7. The summed E-state index contributed by atoms with van der Waals surface area (Å²) in [6.45, 7) is 5.68. The molecular weight excluding hydrogens is 352 g/mol. The van der Waals surface area contributed by atoms with Crippen molar-refractivity contribution in [3.63, 3.8) is 0 Å². The number of amides is 1. The molecule has 0 aromatic heterocycles. The molecule has 1 heterocycles. The summed E-state index contributed by atoms with van der Waals surface area (Å²) in [6, 6.07) is 13.1. The zero-order chi connectivity index (χ0) is 19.1. The largest absolute Gasteiger partial charge is 0.488 e. The number of piperazine rings is 1. The van der Waals surface area contributed by atoms with Gasteiger partial charge < -0.3 is 19.9 Å². The number of nitrogens with one attached hydrogen (secondary N) is 3. The molecular formula is C20H25F2N3O2+2. The van der Waals surface area contributed by atoms with Crippen LogP contribution >= 0.6 is 0 Å². The lowest BCUT2D eigenvalue weighted by molar-refractivity contribution is -1.01. The molecule has 2 aromatic carbocycles. The normalized spacial score (nSPS) is 19.5. The van der Waals surface area contributed by atoms with Crippen molar-refractivity contribution in [2.45, 2.75) is 0 Å². The van der Waals surface area contributed by atoms with Gasteiger partial charge in [0.25, 0.3) is 5.91 Å². The fourth-order valence-electron chi connectivity index (χ4n) is 3.22. The average Bonchev–Trinajstić information content (AvgIpc) is 2.67. The van der Waals surface area contributed by atoms with Crippen molar-refractivity contribution in [3.8, 4) is 5.75 Å². The summed E-state index contributed by atoms with van der Waals surface area (Å²) in [7, 11) is 0. The van der Waals surface area contributed by atoms with Gasteiger partial charge in [0.2, 0.25) is 0 Å². The van der Waals surface area contributed by atoms with Crippen LogP contribution < -0.4 is 19.9 Å². The lowest BCUT2D eigenvalue weighted by Crippen LogP contribution is -3.28. The Morgan fingerprint density at radius 3 is 2.37 bits per heavy atom. The van der Waals surface area contributed by atoms with Gasteiger partial charge in [0.05, 0.1) is 0 Å². The van der Waals surface area contributed by atoms with Crippen LogP contribution in [0.5, 0.6) is 5.75 Å². The van der Waals surface area contributed by atoms with E-state index in [9.17, 15) is 13.6 Å². The van der Waals surface area contributed by atoms with E-state index in [0.717, 1.165) is 50.6 Å². The van der Waals surface area contributed by atoms with E-state index in [1.54, 1.807) is 0 Å². The fourth-order valence-corrected chi connectivity index (χ4v) is 3.22. The molecule has 1 aliphatic heterocycles. The van der Waals surface area contributed by atoms with Crippen molar-refractivity contribution in [2.75, 3.05) is 51.2 Å². The standard InChI is InChI=1S/C20H23F2N3O2/c21-18-7-6-16(14-19(18)22)23-20(26)15-25-10-8-24(9-11-25)12-13-27-17-4-2-1-3-5-17/h1-7,14H,8-13,15H2,(H,23,26)/p+2. The lowest BCUT2D eigenvalue weighted by Gasteiger charge is -2.29. The lowest BCUT2D eigenvalue weighted by atomic mass is 10.3. The number of quaternary nitrogens is 2. The molecule has 3 N–H and O–H groups in total. The van der Waals surface area contributed by atoms with Crippen LogP contribution in [0.4, 0.5) is 14.5 Å². The molecule has 1 saturated heterocycles. The Morgan fingerprint density at radius 2 is 1.67 bits per heavy atom. The Balaban J connectivity index is 1.35. The quantitative estimate of drug-likeness (QED) is 0.624. The van der Waals surface area contributed by atoms with Crippen LogP contribution in [0.1, 0.15) is 0 Å². The number of hydrogen-bond acceptors (Lipinski definition) is 2. The Kier molecular flexibility index (Phi) is 6.73. The molecule has 5 nitrogen and oxygen atoms in total. The minimum absolute atomic E-state index is 0.188. The summed E-state index contributed by atoms with van der Waals surface area (Å²) in [5, 5.41) is 2.63. The molecule has 7 heteroatoms. The Morgan fingerprint density at radius 1 is 0.963 bits per heavy atom. The van der Waals surface area contributed by atoms with Crippen LogP contribution in [0.15, 0.2) is 48.5 Å². The minimum atomic E-state index is -0.963. The van der Waals surface area contributed by atoms with Crippen LogP contribution in [-0.4, -0.2) is 51.8 Å². The SMILES string of the molecule is O=C(C[NH+]1CC[NH+](CCOc2ccccc2)CC1)Nc1ccc(F)c(F)c1. The number of halogens is 2. The van der Waals surface area contributed by atoms with E-state index in [2.05, 4.69) is 5.32 Å². The fraction of sp³-hybridized carbons (Fsp3) is 0.350. The number of hydrogen-bond donors (Lipinski definition) is 3. The molecule has 0 spiro atoms. The molecule has 0 bridgehead atoms. The average molecular weight is 377 g/mol. The van der Waals surface area contributed by atoms with Gasteiger partial charge in [0.15, 0.2) is 18.2 Å². The first kappa shape index (κ1) is 19.3. The zero-order valence-corrected chi connectivity index (χ0v) is 15.1. The minimum Gasteiger partial charge on any atom is -0.488 e. The zero-order valence-electron chi connectivity index (χ0n) is 15.1. The van der Waals surface area contributed by atoms with Crippen molar-refractivity contribution < 1.29 is 28.1 Å². The highest BCUT2D eigenvalue weighted by molar-refractivity contribution is 5.91. The van der Waals surface area contributed by atoms with Crippen LogP contribution in [0.3, 0.4) is 0 Å². The third-order valence-electron chi connectivity index (χ3n) is 4.75. The first-order valence-electron chi connectivity index (χ1n) is 9.20. The van der Waals surface area contributed by atoms with Gasteiger partial charge in [-0.25, -0.2) is 8.78 Å². The Bertz CT molecular complexity index is 750. The number of carbonyl (C=O) groups is 1. The van der Waals surface area contributed by atoms with Crippen molar-refractivity contribution in [3.05, 3.63) is 60.2 Å². The summed E-state index contributed by atoms with van der Waals surface area (Å²) < 4.78 is 31.9. The topological polar surface area (TPSA) is 47.2 Å². The molecule has 0 radical (unpaired) electrons. The molecule has 1 fully saturated rings. The molecule has 0 saturated carbocycles. The van der Waals surface area contributed by atoms with Crippen molar-refractivity contribution in [1.29, 1.82) is 0 Å². The number of ether oxygens (including phenoxy) is 1. The predicted octanol–water partition coefficient (Wildman–Crippen LogP) is -0.234. The number of anilines is 1. The van der Waals surface area contributed by atoms with Gasteiger partial charge >= 0.3 is 0 Å².